The van der Waals surface area contributed by atoms with Gasteiger partial charge in [-0.15, -0.1) is 0 Å². The third kappa shape index (κ3) is 3.93. The van der Waals surface area contributed by atoms with Crippen molar-refractivity contribution in [2.45, 2.75) is 40.0 Å². The average molecular weight is 324 g/mol. The second kappa shape index (κ2) is 7.75. The Bertz CT molecular complexity index is 671. The second-order valence-corrected chi connectivity index (χ2v) is 6.63. The molecule has 0 saturated carbocycles. The maximum atomic E-state index is 4.85. The van der Waals surface area contributed by atoms with Crippen molar-refractivity contribution in [2.24, 2.45) is 0 Å². The normalized spacial score (nSPS) is 15.4. The van der Waals surface area contributed by atoms with Crippen LogP contribution in [0.1, 0.15) is 41.6 Å². The molecule has 1 aromatic carbocycles. The van der Waals surface area contributed by atoms with Crippen molar-refractivity contribution in [3.05, 3.63) is 52.5 Å². The molecule has 0 aliphatic carbocycles. The number of anilines is 1. The van der Waals surface area contributed by atoms with Crippen LogP contribution in [0.4, 0.5) is 5.82 Å². The summed E-state index contributed by atoms with van der Waals surface area (Å²) in [6.45, 7) is 10.5. The van der Waals surface area contributed by atoms with Crippen LogP contribution in [0.3, 0.4) is 0 Å². The summed E-state index contributed by atoms with van der Waals surface area (Å²) in [6, 6.07) is 8.82. The summed E-state index contributed by atoms with van der Waals surface area (Å²) in [5.74, 6) is 2.02. The third-order valence-electron chi connectivity index (χ3n) is 4.66. The lowest BCUT2D eigenvalue weighted by Gasteiger charge is -2.25. The first-order chi connectivity index (χ1) is 11.7. The van der Waals surface area contributed by atoms with Crippen molar-refractivity contribution in [1.29, 1.82) is 0 Å². The van der Waals surface area contributed by atoms with E-state index in [1.54, 1.807) is 0 Å². The molecule has 4 nitrogen and oxygen atoms in total. The lowest BCUT2D eigenvalue weighted by molar-refractivity contribution is 0.724. The van der Waals surface area contributed by atoms with Gasteiger partial charge in [0.2, 0.25) is 0 Å². The van der Waals surface area contributed by atoms with Gasteiger partial charge >= 0.3 is 0 Å². The Morgan fingerprint density at radius 1 is 1.04 bits per heavy atom. The minimum atomic E-state index is 0.881. The van der Waals surface area contributed by atoms with Crippen molar-refractivity contribution >= 4 is 5.82 Å². The molecule has 0 spiro atoms. The fourth-order valence-electron chi connectivity index (χ4n) is 3.34. The topological polar surface area (TPSA) is 41.1 Å². The number of nitrogens with zero attached hydrogens (tertiary/aromatic N) is 3. The Labute approximate surface area is 145 Å². The molecule has 2 aromatic rings. The van der Waals surface area contributed by atoms with E-state index in [0.717, 1.165) is 57.1 Å². The third-order valence-corrected chi connectivity index (χ3v) is 4.66. The predicted octanol–water partition coefficient (Wildman–Crippen LogP) is 3.05. The summed E-state index contributed by atoms with van der Waals surface area (Å²) in [4.78, 5) is 12.0. The van der Waals surface area contributed by atoms with Gasteiger partial charge in [0, 0.05) is 37.3 Å². The van der Waals surface area contributed by atoms with Crippen LogP contribution in [0, 0.1) is 13.8 Å². The first kappa shape index (κ1) is 16.9. The van der Waals surface area contributed by atoms with Gasteiger partial charge in [-0.25, -0.2) is 9.97 Å². The Kier molecular flexibility index (Phi) is 5.46. The highest BCUT2D eigenvalue weighted by molar-refractivity contribution is 5.52. The number of aryl methyl sites for hydroxylation is 3. The molecule has 24 heavy (non-hydrogen) atoms. The van der Waals surface area contributed by atoms with Crippen molar-refractivity contribution in [1.82, 2.24) is 15.3 Å². The molecule has 1 aliphatic rings. The lowest BCUT2D eigenvalue weighted by atomic mass is 10.0. The number of rotatable bonds is 4. The van der Waals surface area contributed by atoms with Gasteiger partial charge in [0.25, 0.3) is 0 Å². The van der Waals surface area contributed by atoms with Gasteiger partial charge < -0.3 is 10.2 Å². The number of hydrogen-bond donors (Lipinski definition) is 1. The highest BCUT2D eigenvalue weighted by Gasteiger charge is 2.19. The van der Waals surface area contributed by atoms with Crippen LogP contribution in [0.15, 0.2) is 24.3 Å². The van der Waals surface area contributed by atoms with Crippen LogP contribution in [0.5, 0.6) is 0 Å². The highest BCUT2D eigenvalue weighted by Crippen LogP contribution is 2.25. The average Bonchev–Trinajstić information content (AvgIpc) is 2.87. The number of aromatic nitrogens is 2. The molecular formula is C20H28N4. The predicted molar refractivity (Wildman–Crippen MR) is 99.8 cm³/mol. The lowest BCUT2D eigenvalue weighted by Crippen LogP contribution is -2.30. The van der Waals surface area contributed by atoms with E-state index in [0.29, 0.717) is 0 Å². The van der Waals surface area contributed by atoms with Crippen LogP contribution in [0.2, 0.25) is 0 Å². The van der Waals surface area contributed by atoms with Crippen molar-refractivity contribution in [3.63, 3.8) is 0 Å². The Morgan fingerprint density at radius 3 is 2.58 bits per heavy atom. The SMILES string of the molecule is CCc1nc(C)nc(N2CCCNCC2)c1Cc1ccc(C)cc1. The highest BCUT2D eigenvalue weighted by atomic mass is 15.2. The summed E-state index contributed by atoms with van der Waals surface area (Å²) in [5, 5.41) is 3.48. The van der Waals surface area contributed by atoms with E-state index in [1.165, 1.54) is 22.4 Å². The smallest absolute Gasteiger partial charge is 0.136 e. The number of hydrogen-bond acceptors (Lipinski definition) is 4. The molecule has 0 radical (unpaired) electrons. The van der Waals surface area contributed by atoms with E-state index < -0.39 is 0 Å². The van der Waals surface area contributed by atoms with Gasteiger partial charge in [0.05, 0.1) is 0 Å². The molecule has 1 saturated heterocycles. The molecule has 1 aliphatic heterocycles. The maximum absolute atomic E-state index is 4.85. The summed E-state index contributed by atoms with van der Waals surface area (Å²) in [6.07, 6.45) is 3.02. The monoisotopic (exact) mass is 324 g/mol. The Morgan fingerprint density at radius 2 is 1.83 bits per heavy atom. The molecule has 4 heteroatoms. The summed E-state index contributed by atoms with van der Waals surface area (Å²) >= 11 is 0. The van der Waals surface area contributed by atoms with Crippen molar-refractivity contribution < 1.29 is 0 Å². The molecule has 1 aromatic heterocycles. The van der Waals surface area contributed by atoms with Gasteiger partial charge in [-0.05, 0) is 38.8 Å². The zero-order chi connectivity index (χ0) is 16.9. The summed E-state index contributed by atoms with van der Waals surface area (Å²) in [5.41, 5.74) is 5.12. The minimum absolute atomic E-state index is 0.881. The fourth-order valence-corrected chi connectivity index (χ4v) is 3.34. The van der Waals surface area contributed by atoms with Crippen LogP contribution in [-0.4, -0.2) is 36.1 Å². The molecule has 0 bridgehead atoms. The van der Waals surface area contributed by atoms with E-state index in [4.69, 9.17) is 9.97 Å². The van der Waals surface area contributed by atoms with Crippen LogP contribution in [-0.2, 0) is 12.8 Å². The quantitative estimate of drug-likeness (QED) is 0.938. The van der Waals surface area contributed by atoms with E-state index in [-0.39, 0.29) is 0 Å². The van der Waals surface area contributed by atoms with E-state index in [2.05, 4.69) is 48.3 Å². The molecule has 1 N–H and O–H groups in total. The van der Waals surface area contributed by atoms with Gasteiger partial charge in [-0.2, -0.15) is 0 Å². The zero-order valence-electron chi connectivity index (χ0n) is 15.1. The zero-order valence-corrected chi connectivity index (χ0v) is 15.1. The minimum Gasteiger partial charge on any atom is -0.355 e. The maximum Gasteiger partial charge on any atom is 0.136 e. The first-order valence-corrected chi connectivity index (χ1v) is 9.05. The molecule has 0 amide bonds. The van der Waals surface area contributed by atoms with Crippen LogP contribution >= 0.6 is 0 Å². The molecular weight excluding hydrogens is 296 g/mol. The van der Waals surface area contributed by atoms with Crippen LogP contribution < -0.4 is 10.2 Å². The number of nitrogens with one attached hydrogen (secondary N) is 1. The molecule has 3 rings (SSSR count). The second-order valence-electron chi connectivity index (χ2n) is 6.63. The van der Waals surface area contributed by atoms with Crippen molar-refractivity contribution in [3.8, 4) is 0 Å². The van der Waals surface area contributed by atoms with E-state index >= 15 is 0 Å². The number of benzene rings is 1. The standard InChI is InChI=1S/C20H28N4/c1-4-19-18(14-17-8-6-15(2)7-9-17)20(23-16(3)22-19)24-12-5-10-21-11-13-24/h6-9,21H,4-5,10-14H2,1-3H3. The molecule has 0 atom stereocenters. The molecule has 1 fully saturated rings. The van der Waals surface area contributed by atoms with E-state index in [9.17, 15) is 0 Å². The van der Waals surface area contributed by atoms with Gasteiger partial charge in [0.15, 0.2) is 0 Å². The van der Waals surface area contributed by atoms with Crippen LogP contribution in [0.25, 0.3) is 0 Å². The molecule has 0 unspecified atom stereocenters. The fraction of sp³-hybridized carbons (Fsp3) is 0.500. The molecule has 128 valence electrons. The summed E-state index contributed by atoms with van der Waals surface area (Å²) < 4.78 is 0. The first-order valence-electron chi connectivity index (χ1n) is 9.05. The Hall–Kier alpha value is -1.94. The van der Waals surface area contributed by atoms with E-state index in [1.807, 2.05) is 6.92 Å². The summed E-state index contributed by atoms with van der Waals surface area (Å²) in [7, 11) is 0. The Balaban J connectivity index is 1.99. The largest absolute Gasteiger partial charge is 0.355 e. The molecule has 2 heterocycles. The van der Waals surface area contributed by atoms with Crippen molar-refractivity contribution in [2.75, 3.05) is 31.1 Å². The van der Waals surface area contributed by atoms with Gasteiger partial charge in [0.1, 0.15) is 11.6 Å². The van der Waals surface area contributed by atoms with Gasteiger partial charge in [-0.1, -0.05) is 36.8 Å². The van der Waals surface area contributed by atoms with Gasteiger partial charge in [-0.3, -0.25) is 0 Å².